The second kappa shape index (κ2) is 14.9. The van der Waals surface area contributed by atoms with Crippen molar-refractivity contribution in [3.8, 4) is 35.4 Å². The molecule has 1 spiro atoms. The molecule has 11 unspecified atom stereocenters. The first-order valence-electron chi connectivity index (χ1n) is 21.4. The maximum atomic E-state index is 13.2. The zero-order valence-corrected chi connectivity index (χ0v) is 33.0. The van der Waals surface area contributed by atoms with Crippen molar-refractivity contribution in [2.45, 2.75) is 114 Å². The number of carbonyl (C=O) groups is 1. The lowest BCUT2D eigenvalue weighted by Gasteiger charge is -2.41. The third-order valence-corrected chi connectivity index (χ3v) is 14.4. The number of hydrogen-bond acceptors (Lipinski definition) is 9. The van der Waals surface area contributed by atoms with E-state index in [2.05, 4.69) is 41.5 Å². The van der Waals surface area contributed by atoms with Gasteiger partial charge in [-0.2, -0.15) is 0 Å². The summed E-state index contributed by atoms with van der Waals surface area (Å²) >= 11 is 0. The van der Waals surface area contributed by atoms with Gasteiger partial charge in [0.15, 0.2) is 11.5 Å². The Bertz CT molecular complexity index is 2280. The Labute approximate surface area is 340 Å². The van der Waals surface area contributed by atoms with E-state index in [0.29, 0.717) is 36.8 Å². The summed E-state index contributed by atoms with van der Waals surface area (Å²) < 4.78 is 13.4. The number of fused-ring (bicyclic) bond motifs is 6. The summed E-state index contributed by atoms with van der Waals surface area (Å²) in [5.41, 5.74) is 14.8. The first-order valence-corrected chi connectivity index (χ1v) is 21.4. The third-order valence-electron chi connectivity index (χ3n) is 14.4. The van der Waals surface area contributed by atoms with Crippen molar-refractivity contribution in [2.24, 2.45) is 33.9 Å². The molecule has 1 fully saturated rings. The number of rotatable bonds is 6. The summed E-state index contributed by atoms with van der Waals surface area (Å²) in [5.74, 6) is 11.4. The number of nitrogens with two attached hydrogens (primary N) is 1. The molecule has 2 aromatic carbocycles. The van der Waals surface area contributed by atoms with Crippen LogP contribution in [0.5, 0.6) is 11.5 Å². The number of nitrogens with zero attached hydrogens (tertiary/aromatic N) is 1. The van der Waals surface area contributed by atoms with Gasteiger partial charge in [0.25, 0.3) is 6.23 Å². The van der Waals surface area contributed by atoms with E-state index in [-0.39, 0.29) is 42.5 Å². The number of quaternary nitrogens is 1. The number of allylic oxidation sites excluding steroid dienone is 2. The maximum absolute atomic E-state index is 13.2. The third kappa shape index (κ3) is 6.55. The molecule has 0 radical (unpaired) electrons. The summed E-state index contributed by atoms with van der Waals surface area (Å²) in [4.78, 5) is 19.3. The van der Waals surface area contributed by atoms with Crippen molar-refractivity contribution < 1.29 is 34.5 Å². The van der Waals surface area contributed by atoms with Gasteiger partial charge in [0.1, 0.15) is 42.4 Å². The van der Waals surface area contributed by atoms with E-state index >= 15 is 0 Å². The number of aliphatic hydroxyl groups excluding tert-OH is 3. The highest BCUT2D eigenvalue weighted by Gasteiger charge is 2.52. The average molecular weight is 782 g/mol. The molecular formula is C48H53N4O6+. The Morgan fingerprint density at radius 3 is 2.78 bits per heavy atom. The van der Waals surface area contributed by atoms with Gasteiger partial charge in [-0.1, -0.05) is 67.9 Å². The average Bonchev–Trinajstić information content (AvgIpc) is 3.96. The van der Waals surface area contributed by atoms with E-state index in [9.17, 15) is 20.1 Å². The fraction of sp³-hybridized carbons (Fsp3) is 0.500. The van der Waals surface area contributed by atoms with Crippen LogP contribution < -0.4 is 25.4 Å². The van der Waals surface area contributed by atoms with Gasteiger partial charge < -0.3 is 30.5 Å². The van der Waals surface area contributed by atoms with Crippen LogP contribution >= 0.6 is 0 Å². The molecule has 1 saturated carbocycles. The number of hydrogen-bond donors (Lipinski definition) is 6. The highest BCUT2D eigenvalue weighted by molar-refractivity contribution is 5.89. The lowest BCUT2D eigenvalue weighted by Crippen LogP contribution is -3.12. The summed E-state index contributed by atoms with van der Waals surface area (Å²) in [6.45, 7) is 3.53. The van der Waals surface area contributed by atoms with Gasteiger partial charge in [0, 0.05) is 43.0 Å². The molecule has 2 aromatic rings. The highest BCUT2D eigenvalue weighted by Crippen LogP contribution is 2.51. The fourth-order valence-electron chi connectivity index (χ4n) is 11.3. The minimum Gasteiger partial charge on any atom is -0.437 e. The second-order valence-electron chi connectivity index (χ2n) is 18.0. The fourth-order valence-corrected chi connectivity index (χ4v) is 11.3. The number of aryl methyl sites for hydroxylation is 1. The monoisotopic (exact) mass is 781 g/mol. The van der Waals surface area contributed by atoms with Gasteiger partial charge in [-0.3, -0.25) is 20.0 Å². The van der Waals surface area contributed by atoms with Crippen molar-refractivity contribution in [3.05, 3.63) is 93.3 Å². The topological polar surface area (TPSA) is 151 Å². The summed E-state index contributed by atoms with van der Waals surface area (Å²) in [7, 11) is 0. The molecule has 0 amide bonds. The minimum absolute atomic E-state index is 0.0105. The Kier molecular flexibility index (Phi) is 9.72. The van der Waals surface area contributed by atoms with Gasteiger partial charge in [-0.05, 0) is 95.9 Å². The second-order valence-corrected chi connectivity index (χ2v) is 18.0. The molecule has 7 N–H and O–H groups in total. The Morgan fingerprint density at radius 1 is 1.09 bits per heavy atom. The molecule has 10 heteroatoms. The largest absolute Gasteiger partial charge is 0.437 e. The number of ether oxygens (including phenoxy) is 2. The number of carbonyl (C=O) groups excluding carboxylic acids is 1. The number of ketones is 1. The SMILES string of the molecule is CC1C=CC(C(O)CC(=O)CCc2ccc3c(c2)OC2C(C#CC(O)c4ccc5c6c4C(CCC6CNC5N)C4=C5C[NH+]2C=C5N=C4)C2(C#CO3)CCCC2)C(O)C1. The van der Waals surface area contributed by atoms with Crippen LogP contribution in [0, 0.1) is 47.0 Å². The molecular weight excluding hydrogens is 729 g/mol. The van der Waals surface area contributed by atoms with Crippen molar-refractivity contribution in [1.29, 1.82) is 0 Å². The molecule has 5 aliphatic heterocycles. The van der Waals surface area contributed by atoms with E-state index in [1.54, 1.807) is 0 Å². The van der Waals surface area contributed by atoms with Crippen LogP contribution in [0.4, 0.5) is 0 Å². The van der Waals surface area contributed by atoms with E-state index < -0.39 is 35.9 Å². The van der Waals surface area contributed by atoms with Gasteiger partial charge in [-0.15, -0.1) is 0 Å². The predicted octanol–water partition coefficient (Wildman–Crippen LogP) is 4.14. The molecule has 8 aliphatic rings. The van der Waals surface area contributed by atoms with Gasteiger partial charge in [0.2, 0.25) is 0 Å². The van der Waals surface area contributed by atoms with Crippen LogP contribution in [0.2, 0.25) is 0 Å². The van der Waals surface area contributed by atoms with E-state index in [4.69, 9.17) is 20.2 Å². The normalized spacial score (nSPS) is 33.8. The van der Waals surface area contributed by atoms with E-state index in [0.717, 1.165) is 72.4 Å². The molecule has 2 bridgehead atoms. The quantitative estimate of drug-likeness (QED) is 0.189. The Hall–Kier alpha value is -4.52. The number of Topliss-reactive ketones (excluding diaryl/α,β-unsaturated/α-hetero) is 1. The minimum atomic E-state index is -1.02. The number of benzene rings is 2. The Morgan fingerprint density at radius 2 is 1.93 bits per heavy atom. The van der Waals surface area contributed by atoms with Crippen LogP contribution in [0.15, 0.2) is 70.5 Å². The van der Waals surface area contributed by atoms with Gasteiger partial charge in [0.05, 0.1) is 23.8 Å². The smallest absolute Gasteiger partial charge is 0.252 e. The first-order chi connectivity index (χ1) is 28.2. The molecule has 3 aliphatic carbocycles. The summed E-state index contributed by atoms with van der Waals surface area (Å²) in [6, 6.07) is 9.87. The molecule has 58 heavy (non-hydrogen) atoms. The van der Waals surface area contributed by atoms with Crippen molar-refractivity contribution in [2.75, 3.05) is 13.1 Å². The first kappa shape index (κ1) is 37.7. The van der Waals surface area contributed by atoms with Crippen LogP contribution in [0.3, 0.4) is 0 Å². The van der Waals surface area contributed by atoms with Gasteiger partial charge >= 0.3 is 0 Å². The zero-order valence-electron chi connectivity index (χ0n) is 33.0. The van der Waals surface area contributed by atoms with E-state index in [1.165, 1.54) is 22.3 Å². The predicted molar refractivity (Wildman–Crippen MR) is 218 cm³/mol. The van der Waals surface area contributed by atoms with Crippen molar-refractivity contribution in [1.82, 2.24) is 5.32 Å². The molecule has 5 heterocycles. The number of aliphatic hydroxyl groups is 3. The molecule has 0 aromatic heterocycles. The zero-order chi connectivity index (χ0) is 39.7. The molecule has 11 atom stereocenters. The number of aliphatic imine (C=N–C) groups is 1. The highest BCUT2D eigenvalue weighted by atomic mass is 16.5. The summed E-state index contributed by atoms with van der Waals surface area (Å²) in [5, 5.41) is 37.1. The van der Waals surface area contributed by atoms with Crippen LogP contribution in [-0.2, 0) is 11.2 Å². The van der Waals surface area contributed by atoms with Crippen LogP contribution in [0.1, 0.15) is 117 Å². The lowest BCUT2D eigenvalue weighted by molar-refractivity contribution is -0.891. The molecule has 10 nitrogen and oxygen atoms in total. The standard InChI is InChI=1S/C48H52N4O6/c1-27-4-9-32(40(55)20-27)41(56)22-30(53)8-5-28-6-15-42-43(21-28)58-47-37(48(18-19-57-42)16-2-3-17-48)13-14-39(54)33-11-12-34-44-29(23-51-46(34)49)7-10-31(45(33)44)35-24-50-38-26-52(47)25-36(35)38/h4,6,9,11-12,15,21,24,26-27,29,31-32,37,39-41,46-47,51,54-56H,2-3,5,7-8,10,16-17,20,22-23,25,49H2,1H3/p+1. The van der Waals surface area contributed by atoms with E-state index in [1.807, 2.05) is 49.6 Å². The lowest BCUT2D eigenvalue weighted by atomic mass is 9.68. The van der Waals surface area contributed by atoms with Gasteiger partial charge in [-0.25, -0.2) is 0 Å². The van der Waals surface area contributed by atoms with Crippen LogP contribution in [-0.4, -0.2) is 58.8 Å². The number of nitrogens with one attached hydrogen (secondary N) is 2. The van der Waals surface area contributed by atoms with Crippen molar-refractivity contribution >= 4 is 12.0 Å². The maximum Gasteiger partial charge on any atom is 0.252 e. The summed E-state index contributed by atoms with van der Waals surface area (Å²) in [6.07, 6.45) is 14.8. The Balaban J connectivity index is 1.00. The van der Waals surface area contributed by atoms with Crippen molar-refractivity contribution in [3.63, 3.8) is 0 Å². The molecule has 10 rings (SSSR count). The molecule has 300 valence electrons. The molecule has 0 saturated heterocycles. The van der Waals surface area contributed by atoms with Crippen LogP contribution in [0.25, 0.3) is 0 Å².